The summed E-state index contributed by atoms with van der Waals surface area (Å²) < 4.78 is 0. The molecule has 0 radical (unpaired) electrons. The van der Waals surface area contributed by atoms with Gasteiger partial charge < -0.3 is 10.6 Å². The highest BCUT2D eigenvalue weighted by Gasteiger charge is 2.47. The smallest absolute Gasteiger partial charge is 0.129 e. The highest BCUT2D eigenvalue weighted by atomic mass is 15.2. The number of anilines is 1. The molecule has 92 valence electrons. The van der Waals surface area contributed by atoms with Crippen LogP contribution in [0, 0.1) is 12.3 Å². The molecule has 0 aromatic carbocycles. The van der Waals surface area contributed by atoms with Crippen molar-refractivity contribution in [2.75, 3.05) is 18.0 Å². The van der Waals surface area contributed by atoms with Crippen LogP contribution >= 0.6 is 0 Å². The molecule has 2 N–H and O–H groups in total. The van der Waals surface area contributed by atoms with E-state index in [4.69, 9.17) is 5.73 Å². The number of aromatic nitrogens is 1. The number of nitrogens with two attached hydrogens (primary N) is 1. The molecule has 3 heteroatoms. The summed E-state index contributed by atoms with van der Waals surface area (Å²) in [5.41, 5.74) is 7.69. The van der Waals surface area contributed by atoms with Crippen molar-refractivity contribution in [2.24, 2.45) is 11.1 Å². The topological polar surface area (TPSA) is 42.1 Å². The molecule has 3 rings (SSSR count). The summed E-state index contributed by atoms with van der Waals surface area (Å²) in [6.07, 6.45) is 5.41. The summed E-state index contributed by atoms with van der Waals surface area (Å²) in [5, 5.41) is 0. The highest BCUT2D eigenvalue weighted by molar-refractivity contribution is 5.42. The first-order chi connectivity index (χ1) is 8.22. The van der Waals surface area contributed by atoms with Crippen LogP contribution in [-0.2, 0) is 0 Å². The molecule has 1 aromatic rings. The Bertz CT molecular complexity index is 412. The van der Waals surface area contributed by atoms with Gasteiger partial charge >= 0.3 is 0 Å². The Morgan fingerprint density at radius 3 is 2.88 bits per heavy atom. The molecule has 2 heterocycles. The number of rotatable bonds is 2. The number of aryl methyl sites for hydroxylation is 1. The number of hydrogen-bond acceptors (Lipinski definition) is 3. The van der Waals surface area contributed by atoms with Gasteiger partial charge in [-0.25, -0.2) is 4.98 Å². The molecule has 2 aliphatic rings. The van der Waals surface area contributed by atoms with Crippen LogP contribution < -0.4 is 10.6 Å². The second-order valence-corrected chi connectivity index (χ2v) is 5.67. The first kappa shape index (κ1) is 11.0. The summed E-state index contributed by atoms with van der Waals surface area (Å²) in [6, 6.07) is 6.74. The predicted octanol–water partition coefficient (Wildman–Crippen LogP) is 2.10. The molecule has 0 bridgehead atoms. The van der Waals surface area contributed by atoms with Crippen molar-refractivity contribution < 1.29 is 0 Å². The zero-order valence-electron chi connectivity index (χ0n) is 10.5. The standard InChI is InChI=1S/C14H21N3/c1-11-3-2-4-13(16-11)17-8-7-14(5-6-14)9-12(17)10-15/h2-4,12H,5-10,15H2,1H3. The highest BCUT2D eigenvalue weighted by Crippen LogP contribution is 2.55. The molecule has 0 amide bonds. The Morgan fingerprint density at radius 2 is 2.24 bits per heavy atom. The van der Waals surface area contributed by atoms with Crippen molar-refractivity contribution in [3.05, 3.63) is 23.9 Å². The van der Waals surface area contributed by atoms with Gasteiger partial charge in [-0.05, 0) is 50.2 Å². The third-order valence-corrected chi connectivity index (χ3v) is 4.39. The van der Waals surface area contributed by atoms with Crippen LogP contribution in [0.5, 0.6) is 0 Å². The van der Waals surface area contributed by atoms with E-state index in [0.717, 1.165) is 24.6 Å². The molecule has 1 saturated carbocycles. The van der Waals surface area contributed by atoms with Crippen LogP contribution in [0.15, 0.2) is 18.2 Å². The van der Waals surface area contributed by atoms with Gasteiger partial charge in [0.15, 0.2) is 0 Å². The number of piperidine rings is 1. The lowest BCUT2D eigenvalue weighted by atomic mass is 9.88. The molecule has 1 saturated heterocycles. The van der Waals surface area contributed by atoms with E-state index < -0.39 is 0 Å². The summed E-state index contributed by atoms with van der Waals surface area (Å²) in [4.78, 5) is 7.05. The van der Waals surface area contributed by atoms with Gasteiger partial charge in [0.1, 0.15) is 5.82 Å². The Hall–Kier alpha value is -1.09. The second kappa shape index (κ2) is 3.98. The van der Waals surface area contributed by atoms with Gasteiger partial charge in [-0.3, -0.25) is 0 Å². The predicted molar refractivity (Wildman–Crippen MR) is 70.1 cm³/mol. The summed E-state index contributed by atoms with van der Waals surface area (Å²) in [6.45, 7) is 3.92. The van der Waals surface area contributed by atoms with Crippen LogP contribution in [0.4, 0.5) is 5.82 Å². The SMILES string of the molecule is Cc1cccc(N2CCC3(CC3)CC2CN)n1. The fourth-order valence-corrected chi connectivity index (χ4v) is 3.08. The second-order valence-electron chi connectivity index (χ2n) is 5.67. The van der Waals surface area contributed by atoms with E-state index in [1.54, 1.807) is 0 Å². The van der Waals surface area contributed by atoms with Crippen LogP contribution in [-0.4, -0.2) is 24.1 Å². The summed E-state index contributed by atoms with van der Waals surface area (Å²) in [7, 11) is 0. The monoisotopic (exact) mass is 231 g/mol. The molecule has 17 heavy (non-hydrogen) atoms. The minimum atomic E-state index is 0.487. The average molecular weight is 231 g/mol. The maximum absolute atomic E-state index is 5.95. The Labute approximate surface area is 103 Å². The molecule has 1 aliphatic heterocycles. The zero-order valence-corrected chi connectivity index (χ0v) is 10.5. The lowest BCUT2D eigenvalue weighted by Crippen LogP contribution is -2.47. The molecule has 3 nitrogen and oxygen atoms in total. The molecule has 2 fully saturated rings. The number of nitrogens with zero attached hydrogens (tertiary/aromatic N) is 2. The van der Waals surface area contributed by atoms with Crippen molar-refractivity contribution in [3.8, 4) is 0 Å². The van der Waals surface area contributed by atoms with E-state index in [1.165, 1.54) is 25.7 Å². The molecular formula is C14H21N3. The van der Waals surface area contributed by atoms with E-state index in [9.17, 15) is 0 Å². The Kier molecular flexibility index (Phi) is 2.58. The minimum Gasteiger partial charge on any atom is -0.352 e. The van der Waals surface area contributed by atoms with Gasteiger partial charge in [0.25, 0.3) is 0 Å². The lowest BCUT2D eigenvalue weighted by Gasteiger charge is -2.40. The normalized spacial score (nSPS) is 26.2. The van der Waals surface area contributed by atoms with Crippen molar-refractivity contribution >= 4 is 5.82 Å². The van der Waals surface area contributed by atoms with Gasteiger partial charge in [-0.2, -0.15) is 0 Å². The van der Waals surface area contributed by atoms with E-state index in [2.05, 4.69) is 22.0 Å². The van der Waals surface area contributed by atoms with Gasteiger partial charge in [0, 0.05) is 24.8 Å². The van der Waals surface area contributed by atoms with E-state index >= 15 is 0 Å². The maximum atomic E-state index is 5.95. The van der Waals surface area contributed by atoms with Crippen molar-refractivity contribution in [1.29, 1.82) is 0 Å². The minimum absolute atomic E-state index is 0.487. The first-order valence-electron chi connectivity index (χ1n) is 6.63. The van der Waals surface area contributed by atoms with Crippen LogP contribution in [0.1, 0.15) is 31.4 Å². The molecular weight excluding hydrogens is 210 g/mol. The quantitative estimate of drug-likeness (QED) is 0.847. The summed E-state index contributed by atoms with van der Waals surface area (Å²) >= 11 is 0. The molecule has 1 atom stereocenters. The average Bonchev–Trinajstić information content (AvgIpc) is 3.08. The van der Waals surface area contributed by atoms with Gasteiger partial charge in [-0.15, -0.1) is 0 Å². The Balaban J connectivity index is 1.82. The molecule has 1 spiro atoms. The fraction of sp³-hybridized carbons (Fsp3) is 0.643. The number of hydrogen-bond donors (Lipinski definition) is 1. The van der Waals surface area contributed by atoms with Crippen molar-refractivity contribution in [1.82, 2.24) is 4.98 Å². The van der Waals surface area contributed by atoms with Gasteiger partial charge in [-0.1, -0.05) is 6.07 Å². The van der Waals surface area contributed by atoms with Crippen LogP contribution in [0.3, 0.4) is 0 Å². The largest absolute Gasteiger partial charge is 0.352 e. The van der Waals surface area contributed by atoms with E-state index in [-0.39, 0.29) is 0 Å². The van der Waals surface area contributed by atoms with Crippen molar-refractivity contribution in [3.63, 3.8) is 0 Å². The summed E-state index contributed by atoms with van der Waals surface area (Å²) in [5.74, 6) is 1.11. The maximum Gasteiger partial charge on any atom is 0.129 e. The zero-order chi connectivity index (χ0) is 11.9. The van der Waals surface area contributed by atoms with Crippen LogP contribution in [0.25, 0.3) is 0 Å². The lowest BCUT2D eigenvalue weighted by molar-refractivity contribution is 0.322. The molecule has 1 aromatic heterocycles. The fourth-order valence-electron chi connectivity index (χ4n) is 3.08. The van der Waals surface area contributed by atoms with Crippen molar-refractivity contribution in [2.45, 2.75) is 38.6 Å². The van der Waals surface area contributed by atoms with Gasteiger partial charge in [0.2, 0.25) is 0 Å². The third kappa shape index (κ3) is 2.04. The first-order valence-corrected chi connectivity index (χ1v) is 6.63. The van der Waals surface area contributed by atoms with Gasteiger partial charge in [0.05, 0.1) is 0 Å². The number of pyridine rings is 1. The molecule has 1 unspecified atom stereocenters. The molecule has 1 aliphatic carbocycles. The third-order valence-electron chi connectivity index (χ3n) is 4.39. The van der Waals surface area contributed by atoms with Crippen LogP contribution in [0.2, 0.25) is 0 Å². The van der Waals surface area contributed by atoms with E-state index in [1.807, 2.05) is 13.0 Å². The Morgan fingerprint density at radius 1 is 1.41 bits per heavy atom. The van der Waals surface area contributed by atoms with E-state index in [0.29, 0.717) is 11.5 Å².